The minimum atomic E-state index is -1.09. The van der Waals surface area contributed by atoms with Gasteiger partial charge in [0.15, 0.2) is 11.5 Å². The van der Waals surface area contributed by atoms with Gasteiger partial charge in [-0.1, -0.05) is 11.6 Å². The quantitative estimate of drug-likeness (QED) is 0.285. The molecule has 1 saturated carbocycles. The number of ether oxygens (including phenoxy) is 1. The maximum absolute atomic E-state index is 15.5. The van der Waals surface area contributed by atoms with Gasteiger partial charge in [0.2, 0.25) is 11.8 Å². The number of rotatable bonds is 9. The van der Waals surface area contributed by atoms with E-state index in [1.165, 1.54) is 6.07 Å². The molecule has 5 amide bonds. The molecule has 4 fully saturated rings. The lowest BCUT2D eigenvalue weighted by atomic mass is 9.86. The van der Waals surface area contributed by atoms with Gasteiger partial charge in [0.1, 0.15) is 23.7 Å². The number of benzene rings is 2. The third-order valence-electron chi connectivity index (χ3n) is 12.3. The Hall–Kier alpha value is -5.46. The molecule has 14 nitrogen and oxygen atoms in total. The van der Waals surface area contributed by atoms with E-state index in [2.05, 4.69) is 30.6 Å². The second-order valence-corrected chi connectivity index (χ2v) is 16.4. The Kier molecular flexibility index (Phi) is 11.4. The summed E-state index contributed by atoms with van der Waals surface area (Å²) < 4.78 is 21.5. The van der Waals surface area contributed by atoms with Gasteiger partial charge in [-0.05, 0) is 125 Å². The molecule has 16 heteroatoms. The van der Waals surface area contributed by atoms with Gasteiger partial charge in [0, 0.05) is 38.2 Å². The summed E-state index contributed by atoms with van der Waals surface area (Å²) in [5.41, 5.74) is 1.17. The first-order chi connectivity index (χ1) is 28.0. The molecule has 3 saturated heterocycles. The summed E-state index contributed by atoms with van der Waals surface area (Å²) in [6.07, 6.45) is 6.56. The minimum Gasteiger partial charge on any atom is -0.490 e. The molecule has 3 aromatic rings. The van der Waals surface area contributed by atoms with Crippen LogP contribution in [0.2, 0.25) is 5.02 Å². The Morgan fingerprint density at radius 1 is 0.897 bits per heavy atom. The molecule has 1 aromatic heterocycles. The SMILES string of the molecule is N#Cc1ccc(OC2CCC(NC(=O)c3ccc(N4CCC(CN5CCC(c6cc7c(cc6F)C(=O)N(C6CCC(=O)NC6=O)C7=O)CC5)CC4)nn3)CC2)cc1Cl. The summed E-state index contributed by atoms with van der Waals surface area (Å²) >= 11 is 6.14. The number of hydrogen-bond donors (Lipinski definition) is 2. The maximum atomic E-state index is 15.5. The second kappa shape index (κ2) is 16.8. The van der Waals surface area contributed by atoms with Gasteiger partial charge >= 0.3 is 0 Å². The Morgan fingerprint density at radius 3 is 2.28 bits per heavy atom. The van der Waals surface area contributed by atoms with Crippen molar-refractivity contribution in [3.63, 3.8) is 0 Å². The van der Waals surface area contributed by atoms with Crippen LogP contribution in [0.1, 0.15) is 112 Å². The number of carbonyl (C=O) groups is 5. The number of nitriles is 1. The number of nitrogens with one attached hydrogen (secondary N) is 2. The summed E-state index contributed by atoms with van der Waals surface area (Å²) in [7, 11) is 0. The van der Waals surface area contributed by atoms with Crippen molar-refractivity contribution in [3.8, 4) is 11.8 Å². The molecule has 1 unspecified atom stereocenters. The van der Waals surface area contributed by atoms with Gasteiger partial charge in [-0.3, -0.25) is 34.2 Å². The number of fused-ring (bicyclic) bond motifs is 1. The smallest absolute Gasteiger partial charge is 0.272 e. The molecule has 0 spiro atoms. The van der Waals surface area contributed by atoms with Crippen molar-refractivity contribution in [1.29, 1.82) is 5.26 Å². The first-order valence-corrected chi connectivity index (χ1v) is 20.5. The van der Waals surface area contributed by atoms with E-state index in [1.54, 1.807) is 24.3 Å². The highest BCUT2D eigenvalue weighted by atomic mass is 35.5. The van der Waals surface area contributed by atoms with Crippen LogP contribution in [0.4, 0.5) is 10.2 Å². The topological polar surface area (TPSA) is 178 Å². The molecular weight excluding hydrogens is 767 g/mol. The molecule has 5 aliphatic rings. The van der Waals surface area contributed by atoms with Gasteiger partial charge in [0.25, 0.3) is 17.7 Å². The van der Waals surface area contributed by atoms with Crippen molar-refractivity contribution in [1.82, 2.24) is 30.6 Å². The molecule has 8 rings (SSSR count). The largest absolute Gasteiger partial charge is 0.490 e. The Bertz CT molecular complexity index is 2160. The molecule has 1 aliphatic carbocycles. The third kappa shape index (κ3) is 8.26. The number of piperidine rings is 3. The van der Waals surface area contributed by atoms with Gasteiger partial charge in [0.05, 0.1) is 27.8 Å². The summed E-state index contributed by atoms with van der Waals surface area (Å²) in [5, 5.41) is 23.4. The fraction of sp³-hybridized carbons (Fsp3) is 0.476. The van der Waals surface area contributed by atoms with E-state index in [4.69, 9.17) is 21.6 Å². The van der Waals surface area contributed by atoms with Crippen LogP contribution in [0.15, 0.2) is 42.5 Å². The van der Waals surface area contributed by atoms with Crippen LogP contribution < -0.4 is 20.3 Å². The van der Waals surface area contributed by atoms with Crippen molar-refractivity contribution < 1.29 is 33.1 Å². The molecular formula is C42H44ClFN8O6. The van der Waals surface area contributed by atoms with Gasteiger partial charge in [-0.2, -0.15) is 5.26 Å². The first-order valence-electron chi connectivity index (χ1n) is 20.1. The molecule has 2 N–H and O–H groups in total. The Morgan fingerprint density at radius 2 is 1.62 bits per heavy atom. The van der Waals surface area contributed by atoms with E-state index in [9.17, 15) is 24.0 Å². The fourth-order valence-corrected chi connectivity index (χ4v) is 9.22. The van der Waals surface area contributed by atoms with Crippen molar-refractivity contribution in [2.24, 2.45) is 5.92 Å². The minimum absolute atomic E-state index is 0.00714. The zero-order valence-corrected chi connectivity index (χ0v) is 32.7. The molecule has 1 atom stereocenters. The molecule has 0 bridgehead atoms. The zero-order chi connectivity index (χ0) is 40.5. The number of anilines is 1. The highest BCUT2D eigenvalue weighted by molar-refractivity contribution is 6.31. The number of likely N-dealkylation sites (tertiary alicyclic amines) is 1. The van der Waals surface area contributed by atoms with Crippen LogP contribution in [0.5, 0.6) is 5.75 Å². The van der Waals surface area contributed by atoms with Crippen LogP contribution in [-0.2, 0) is 9.59 Å². The van der Waals surface area contributed by atoms with Gasteiger partial charge < -0.3 is 19.9 Å². The summed E-state index contributed by atoms with van der Waals surface area (Å²) in [6.45, 7) is 4.15. The average molecular weight is 811 g/mol. The monoisotopic (exact) mass is 810 g/mol. The lowest BCUT2D eigenvalue weighted by Gasteiger charge is -2.38. The van der Waals surface area contributed by atoms with Crippen molar-refractivity contribution in [2.75, 3.05) is 37.6 Å². The summed E-state index contributed by atoms with van der Waals surface area (Å²) in [5.74, 6) is -1.48. The van der Waals surface area contributed by atoms with E-state index in [1.807, 2.05) is 12.1 Å². The average Bonchev–Trinajstić information content (AvgIpc) is 3.46. The highest BCUT2D eigenvalue weighted by Crippen LogP contribution is 2.36. The standard InChI is InChI=1S/C42H44ClFN8O6/c43-33-19-29(4-1-26(33)22-45)58-28-5-2-27(3-6-28)46-39(54)35-7-9-37(49-48-35)51-17-11-24(12-18-51)23-50-15-13-25(14-16-50)30-20-31-32(21-34(30)44)42(57)52(41(31)56)36-8-10-38(53)47-40(36)55/h1,4,7,9,19-21,24-25,27-28,36H,2-3,5-6,8,10-18,23H2,(H,46,54)(H,47,53,55). The first kappa shape index (κ1) is 39.4. The summed E-state index contributed by atoms with van der Waals surface area (Å²) in [4.78, 5) is 68.9. The van der Waals surface area contributed by atoms with E-state index in [0.29, 0.717) is 40.7 Å². The molecule has 302 valence electrons. The number of halogens is 2. The molecule has 4 aliphatic heterocycles. The zero-order valence-electron chi connectivity index (χ0n) is 31.9. The predicted molar refractivity (Wildman–Crippen MR) is 209 cm³/mol. The van der Waals surface area contributed by atoms with E-state index in [0.717, 1.165) is 88.0 Å². The number of nitrogens with zero attached hydrogens (tertiary/aromatic N) is 6. The highest BCUT2D eigenvalue weighted by Gasteiger charge is 2.45. The normalized spacial score (nSPS) is 23.4. The van der Waals surface area contributed by atoms with Crippen molar-refractivity contribution in [3.05, 3.63) is 81.3 Å². The summed E-state index contributed by atoms with van der Waals surface area (Å²) in [6, 6.07) is 12.2. The van der Waals surface area contributed by atoms with Crippen LogP contribution in [0, 0.1) is 23.1 Å². The van der Waals surface area contributed by atoms with Gasteiger partial charge in [-0.15, -0.1) is 10.2 Å². The lowest BCUT2D eigenvalue weighted by Crippen LogP contribution is -2.54. The van der Waals surface area contributed by atoms with Crippen LogP contribution in [0.3, 0.4) is 0 Å². The van der Waals surface area contributed by atoms with Crippen LogP contribution in [0.25, 0.3) is 0 Å². The maximum Gasteiger partial charge on any atom is 0.272 e. The van der Waals surface area contributed by atoms with Crippen LogP contribution >= 0.6 is 11.6 Å². The number of aromatic nitrogens is 2. The fourth-order valence-electron chi connectivity index (χ4n) is 9.01. The Balaban J connectivity index is 0.764. The van der Waals surface area contributed by atoms with Crippen molar-refractivity contribution >= 4 is 47.0 Å². The molecule has 5 heterocycles. The molecule has 2 aromatic carbocycles. The van der Waals surface area contributed by atoms with E-state index >= 15 is 4.39 Å². The second-order valence-electron chi connectivity index (χ2n) is 16.0. The predicted octanol–water partition coefficient (Wildman–Crippen LogP) is 4.76. The number of hydrogen-bond acceptors (Lipinski definition) is 11. The van der Waals surface area contributed by atoms with E-state index in [-0.39, 0.29) is 53.6 Å². The molecule has 0 radical (unpaired) electrons. The van der Waals surface area contributed by atoms with Crippen LogP contribution in [-0.4, -0.2) is 100 Å². The van der Waals surface area contributed by atoms with Crippen molar-refractivity contribution in [2.45, 2.75) is 88.3 Å². The van der Waals surface area contributed by atoms with E-state index < -0.39 is 35.5 Å². The third-order valence-corrected chi connectivity index (χ3v) is 12.6. The lowest BCUT2D eigenvalue weighted by molar-refractivity contribution is -0.136. The number of imide groups is 2. The Labute approximate surface area is 340 Å². The van der Waals surface area contributed by atoms with Gasteiger partial charge in [-0.25, -0.2) is 4.39 Å². The molecule has 58 heavy (non-hydrogen) atoms. The number of amides is 5. The number of carbonyl (C=O) groups excluding carboxylic acids is 5.